The molecule has 0 aliphatic rings. The first kappa shape index (κ1) is 25.3. The molecule has 0 bridgehead atoms. The van der Waals surface area contributed by atoms with Gasteiger partial charge < -0.3 is 10.2 Å². The number of sulfonamides is 1. The van der Waals surface area contributed by atoms with Crippen LogP contribution in [0.4, 0.5) is 14.5 Å². The Bertz CT molecular complexity index is 1060. The van der Waals surface area contributed by atoms with Crippen LogP contribution in [0.2, 0.25) is 0 Å². The van der Waals surface area contributed by atoms with E-state index in [9.17, 15) is 26.8 Å². The maximum atomic E-state index is 13.7. The highest BCUT2D eigenvalue weighted by Crippen LogP contribution is 2.21. The van der Waals surface area contributed by atoms with E-state index in [0.717, 1.165) is 24.0 Å². The maximum Gasteiger partial charge on any atom is 0.244 e. The third-order valence-corrected chi connectivity index (χ3v) is 5.80. The van der Waals surface area contributed by atoms with Gasteiger partial charge in [-0.2, -0.15) is 0 Å². The van der Waals surface area contributed by atoms with Gasteiger partial charge in [-0.25, -0.2) is 17.2 Å². The van der Waals surface area contributed by atoms with Crippen LogP contribution in [0.3, 0.4) is 0 Å². The number of halogens is 2. The van der Waals surface area contributed by atoms with Crippen molar-refractivity contribution in [1.29, 1.82) is 0 Å². The quantitative estimate of drug-likeness (QED) is 0.614. The van der Waals surface area contributed by atoms with E-state index in [1.807, 2.05) is 0 Å². The van der Waals surface area contributed by atoms with Crippen LogP contribution >= 0.6 is 0 Å². The maximum absolute atomic E-state index is 13.7. The number of hydrogen-bond donors (Lipinski definition) is 1. The molecule has 2 amide bonds. The van der Waals surface area contributed by atoms with E-state index in [0.29, 0.717) is 10.4 Å². The summed E-state index contributed by atoms with van der Waals surface area (Å²) >= 11 is 0. The number of rotatable bonds is 9. The Kier molecular flexibility index (Phi) is 8.31. The molecule has 0 aliphatic carbocycles. The van der Waals surface area contributed by atoms with Gasteiger partial charge in [0.15, 0.2) is 11.6 Å². The molecule has 10 heteroatoms. The number of anilines is 1. The third-order valence-electron chi connectivity index (χ3n) is 4.66. The van der Waals surface area contributed by atoms with Gasteiger partial charge in [0.1, 0.15) is 12.6 Å². The number of benzene rings is 2. The monoisotopic (exact) mass is 467 g/mol. The SMILES string of the molecule is CC(C)NC(=O)[C@@H](C)N(Cc1ccccc1)C(=O)CN(c1ccc(F)c(F)c1)S(C)(=O)=O. The van der Waals surface area contributed by atoms with Crippen LogP contribution in [0.5, 0.6) is 0 Å². The molecular formula is C22H27F2N3O4S. The lowest BCUT2D eigenvalue weighted by Crippen LogP contribution is -2.52. The van der Waals surface area contributed by atoms with Crippen LogP contribution in [0, 0.1) is 11.6 Å². The zero-order valence-electron chi connectivity index (χ0n) is 18.4. The van der Waals surface area contributed by atoms with Gasteiger partial charge in [0.25, 0.3) is 0 Å². The predicted octanol–water partition coefficient (Wildman–Crippen LogP) is 2.67. The van der Waals surface area contributed by atoms with E-state index in [4.69, 9.17) is 0 Å². The normalized spacial score (nSPS) is 12.3. The lowest BCUT2D eigenvalue weighted by Gasteiger charge is -2.31. The smallest absolute Gasteiger partial charge is 0.244 e. The van der Waals surface area contributed by atoms with E-state index >= 15 is 0 Å². The van der Waals surface area contributed by atoms with Crippen molar-refractivity contribution in [2.24, 2.45) is 0 Å². The second kappa shape index (κ2) is 10.5. The molecule has 0 spiro atoms. The van der Waals surface area contributed by atoms with Gasteiger partial charge in [-0.3, -0.25) is 13.9 Å². The third kappa shape index (κ3) is 6.74. The highest BCUT2D eigenvalue weighted by Gasteiger charge is 2.30. The molecule has 0 saturated heterocycles. The topological polar surface area (TPSA) is 86.8 Å². The minimum Gasteiger partial charge on any atom is -0.352 e. The summed E-state index contributed by atoms with van der Waals surface area (Å²) in [5, 5.41) is 2.74. The fourth-order valence-electron chi connectivity index (χ4n) is 3.02. The minimum absolute atomic E-state index is 0.0573. The van der Waals surface area contributed by atoms with Crippen LogP contribution in [-0.2, 0) is 26.2 Å². The molecule has 174 valence electrons. The summed E-state index contributed by atoms with van der Waals surface area (Å²) in [4.78, 5) is 27.1. The first-order valence-corrected chi connectivity index (χ1v) is 11.8. The van der Waals surface area contributed by atoms with Gasteiger partial charge in [-0.15, -0.1) is 0 Å². The molecule has 1 N–H and O–H groups in total. The molecule has 0 unspecified atom stereocenters. The van der Waals surface area contributed by atoms with Crippen molar-refractivity contribution < 1.29 is 26.8 Å². The van der Waals surface area contributed by atoms with E-state index in [-0.39, 0.29) is 18.3 Å². The van der Waals surface area contributed by atoms with E-state index in [2.05, 4.69) is 5.32 Å². The Labute approximate surface area is 187 Å². The summed E-state index contributed by atoms with van der Waals surface area (Å²) in [6, 6.07) is 10.4. The average molecular weight is 468 g/mol. The summed E-state index contributed by atoms with van der Waals surface area (Å²) in [5.41, 5.74) is 0.544. The average Bonchev–Trinajstić information content (AvgIpc) is 2.71. The summed E-state index contributed by atoms with van der Waals surface area (Å²) in [7, 11) is -4.02. The molecular weight excluding hydrogens is 440 g/mol. The second-order valence-corrected chi connectivity index (χ2v) is 9.62. The number of carbonyl (C=O) groups excluding carboxylic acids is 2. The van der Waals surface area contributed by atoms with E-state index < -0.39 is 46.1 Å². The zero-order valence-corrected chi connectivity index (χ0v) is 19.2. The fraction of sp³-hybridized carbons (Fsp3) is 0.364. The highest BCUT2D eigenvalue weighted by atomic mass is 32.2. The Morgan fingerprint density at radius 3 is 2.16 bits per heavy atom. The molecule has 0 fully saturated rings. The van der Waals surface area contributed by atoms with E-state index in [1.165, 1.54) is 4.90 Å². The van der Waals surface area contributed by atoms with Gasteiger partial charge in [-0.05, 0) is 38.5 Å². The number of nitrogens with zero attached hydrogens (tertiary/aromatic N) is 2. The van der Waals surface area contributed by atoms with Crippen molar-refractivity contribution >= 4 is 27.5 Å². The first-order chi connectivity index (χ1) is 14.9. The molecule has 0 radical (unpaired) electrons. The highest BCUT2D eigenvalue weighted by molar-refractivity contribution is 7.92. The molecule has 2 aromatic rings. The Morgan fingerprint density at radius 2 is 1.62 bits per heavy atom. The molecule has 0 heterocycles. The number of nitrogens with one attached hydrogen (secondary N) is 1. The van der Waals surface area contributed by atoms with Crippen LogP contribution in [0.15, 0.2) is 48.5 Å². The Morgan fingerprint density at radius 1 is 1.00 bits per heavy atom. The molecule has 0 aromatic heterocycles. The molecule has 1 atom stereocenters. The summed E-state index contributed by atoms with van der Waals surface area (Å²) in [6.07, 6.45) is 0.859. The number of hydrogen-bond acceptors (Lipinski definition) is 4. The van der Waals surface area contributed by atoms with Crippen molar-refractivity contribution in [3.05, 3.63) is 65.7 Å². The van der Waals surface area contributed by atoms with Gasteiger partial charge in [0.05, 0.1) is 11.9 Å². The molecule has 2 aromatic carbocycles. The lowest BCUT2D eigenvalue weighted by atomic mass is 10.1. The summed E-state index contributed by atoms with van der Waals surface area (Å²) in [6.45, 7) is 4.48. The van der Waals surface area contributed by atoms with Crippen LogP contribution in [0.25, 0.3) is 0 Å². The molecule has 32 heavy (non-hydrogen) atoms. The first-order valence-electron chi connectivity index (χ1n) is 9.96. The summed E-state index contributed by atoms with van der Waals surface area (Å²) < 4.78 is 52.4. The van der Waals surface area contributed by atoms with Crippen molar-refractivity contribution in [3.63, 3.8) is 0 Å². The van der Waals surface area contributed by atoms with Crippen molar-refractivity contribution in [2.45, 2.75) is 39.4 Å². The van der Waals surface area contributed by atoms with E-state index in [1.54, 1.807) is 51.1 Å². The summed E-state index contributed by atoms with van der Waals surface area (Å²) in [5.74, 6) is -3.45. The minimum atomic E-state index is -4.02. The number of amides is 2. The van der Waals surface area contributed by atoms with Crippen LogP contribution < -0.4 is 9.62 Å². The van der Waals surface area contributed by atoms with Gasteiger partial charge in [-0.1, -0.05) is 30.3 Å². The largest absolute Gasteiger partial charge is 0.352 e. The molecule has 2 rings (SSSR count). The Balaban J connectivity index is 2.38. The van der Waals surface area contributed by atoms with Gasteiger partial charge in [0.2, 0.25) is 21.8 Å². The Hall–Kier alpha value is -3.01. The van der Waals surface area contributed by atoms with Crippen molar-refractivity contribution in [2.75, 3.05) is 17.1 Å². The lowest BCUT2D eigenvalue weighted by molar-refractivity contribution is -0.139. The molecule has 7 nitrogen and oxygen atoms in total. The number of carbonyl (C=O) groups is 2. The van der Waals surface area contributed by atoms with Crippen molar-refractivity contribution in [1.82, 2.24) is 10.2 Å². The van der Waals surface area contributed by atoms with Gasteiger partial charge >= 0.3 is 0 Å². The fourth-order valence-corrected chi connectivity index (χ4v) is 3.86. The van der Waals surface area contributed by atoms with Crippen molar-refractivity contribution in [3.8, 4) is 0 Å². The van der Waals surface area contributed by atoms with Crippen LogP contribution in [-0.4, -0.2) is 50.0 Å². The van der Waals surface area contributed by atoms with Crippen LogP contribution in [0.1, 0.15) is 26.3 Å². The van der Waals surface area contributed by atoms with Gasteiger partial charge in [0, 0.05) is 18.7 Å². The zero-order chi connectivity index (χ0) is 24.1. The molecule has 0 saturated carbocycles. The standard InChI is InChI=1S/C22H27F2N3O4S/c1-15(2)25-22(29)16(3)26(13-17-8-6-5-7-9-17)21(28)14-27(32(4,30)31)18-10-11-19(23)20(24)12-18/h5-12,15-16H,13-14H2,1-4H3,(H,25,29)/t16-/m1/s1. The second-order valence-electron chi connectivity index (χ2n) is 7.71. The predicted molar refractivity (Wildman–Crippen MR) is 118 cm³/mol. The molecule has 0 aliphatic heterocycles.